The van der Waals surface area contributed by atoms with Gasteiger partial charge < -0.3 is 10.2 Å². The van der Waals surface area contributed by atoms with Gasteiger partial charge in [-0.25, -0.2) is 0 Å². The number of hydrogen-bond acceptors (Lipinski definition) is 4. The van der Waals surface area contributed by atoms with Gasteiger partial charge in [0.05, 0.1) is 17.8 Å². The number of fused-ring (bicyclic) bond motifs is 2. The molecule has 8 heteroatoms. The predicted molar refractivity (Wildman–Crippen MR) is 133 cm³/mol. The normalized spacial score (nSPS) is 15.3. The van der Waals surface area contributed by atoms with Crippen molar-refractivity contribution >= 4 is 28.6 Å². The van der Waals surface area contributed by atoms with Crippen LogP contribution in [0.15, 0.2) is 67.1 Å². The van der Waals surface area contributed by atoms with E-state index in [0.717, 1.165) is 46.9 Å². The lowest BCUT2D eigenvalue weighted by atomic mass is 9.96. The zero-order chi connectivity index (χ0) is 24.7. The average molecular weight is 470 g/mol. The average Bonchev–Trinajstić information content (AvgIpc) is 3.41. The SMILES string of the molecule is C=C(NC(=O)C(=C)N1Cc2c(cccc2-c2ccc3cn(C)nc3c2)C1=O)C(=O)N1CCCCC1. The number of carbonyl (C=O) groups excluding carboxylic acids is 3. The number of likely N-dealkylation sites (tertiary alicyclic amines) is 1. The van der Waals surface area contributed by atoms with Crippen molar-refractivity contribution in [3.8, 4) is 11.1 Å². The molecule has 2 aliphatic rings. The molecule has 1 saturated heterocycles. The van der Waals surface area contributed by atoms with Crippen LogP contribution in [0.2, 0.25) is 0 Å². The van der Waals surface area contributed by atoms with E-state index in [4.69, 9.17) is 0 Å². The molecule has 2 aliphatic heterocycles. The lowest BCUT2D eigenvalue weighted by Gasteiger charge is -2.27. The molecule has 0 atom stereocenters. The quantitative estimate of drug-likeness (QED) is 0.581. The number of hydrogen-bond donors (Lipinski definition) is 1. The minimum absolute atomic E-state index is 0.00781. The molecule has 0 saturated carbocycles. The van der Waals surface area contributed by atoms with Crippen molar-refractivity contribution in [2.75, 3.05) is 13.1 Å². The smallest absolute Gasteiger partial charge is 0.271 e. The van der Waals surface area contributed by atoms with Gasteiger partial charge in [-0.2, -0.15) is 5.10 Å². The summed E-state index contributed by atoms with van der Waals surface area (Å²) in [6.45, 7) is 9.12. The van der Waals surface area contributed by atoms with Crippen molar-refractivity contribution in [3.63, 3.8) is 0 Å². The Morgan fingerprint density at radius 3 is 2.54 bits per heavy atom. The predicted octanol–water partition coefficient (Wildman–Crippen LogP) is 3.35. The largest absolute Gasteiger partial charge is 0.337 e. The molecule has 5 rings (SSSR count). The molecule has 8 nitrogen and oxygen atoms in total. The molecule has 2 aromatic carbocycles. The standard InChI is InChI=1S/C27H27N5O3/c1-17(26(34)31-12-5-4-6-13-31)28-25(33)18(2)32-16-23-21(8-7-9-22(23)27(32)35)19-10-11-20-15-30(3)29-24(20)14-19/h7-11,14-15H,1-2,4-6,12-13,16H2,3H3,(H,28,33). The number of benzene rings is 2. The first kappa shape index (κ1) is 22.6. The van der Waals surface area contributed by atoms with Gasteiger partial charge in [-0.1, -0.05) is 37.4 Å². The number of piperidine rings is 1. The van der Waals surface area contributed by atoms with Gasteiger partial charge in [0.2, 0.25) is 0 Å². The van der Waals surface area contributed by atoms with E-state index < -0.39 is 5.91 Å². The highest BCUT2D eigenvalue weighted by molar-refractivity contribution is 6.08. The summed E-state index contributed by atoms with van der Waals surface area (Å²) in [5, 5.41) is 8.06. The van der Waals surface area contributed by atoms with Crippen molar-refractivity contribution in [1.82, 2.24) is 24.9 Å². The van der Waals surface area contributed by atoms with Crippen molar-refractivity contribution in [1.29, 1.82) is 0 Å². The third kappa shape index (κ3) is 4.12. The Hall–Kier alpha value is -4.20. The van der Waals surface area contributed by atoms with E-state index in [1.54, 1.807) is 15.6 Å². The molecule has 178 valence electrons. The van der Waals surface area contributed by atoms with Crippen LogP contribution in [-0.4, -0.2) is 50.4 Å². The third-order valence-corrected chi connectivity index (χ3v) is 6.65. The highest BCUT2D eigenvalue weighted by atomic mass is 16.2. The van der Waals surface area contributed by atoms with Crippen LogP contribution in [0.4, 0.5) is 0 Å². The highest BCUT2D eigenvalue weighted by Crippen LogP contribution is 2.35. The van der Waals surface area contributed by atoms with Crippen LogP contribution < -0.4 is 5.32 Å². The fraction of sp³-hybridized carbons (Fsp3) is 0.259. The first-order valence-electron chi connectivity index (χ1n) is 11.7. The van der Waals surface area contributed by atoms with Crippen LogP contribution in [0.1, 0.15) is 35.2 Å². The molecule has 35 heavy (non-hydrogen) atoms. The van der Waals surface area contributed by atoms with E-state index in [9.17, 15) is 14.4 Å². The summed E-state index contributed by atoms with van der Waals surface area (Å²) in [6.07, 6.45) is 4.92. The molecule has 0 unspecified atom stereocenters. The van der Waals surface area contributed by atoms with E-state index >= 15 is 0 Å². The van der Waals surface area contributed by atoms with Gasteiger partial charge in [-0.3, -0.25) is 24.0 Å². The van der Waals surface area contributed by atoms with E-state index in [1.807, 2.05) is 43.6 Å². The first-order valence-corrected chi connectivity index (χ1v) is 11.7. The van der Waals surface area contributed by atoms with Gasteiger partial charge in [0.1, 0.15) is 5.70 Å². The lowest BCUT2D eigenvalue weighted by molar-refractivity contribution is -0.130. The van der Waals surface area contributed by atoms with Crippen molar-refractivity contribution in [2.45, 2.75) is 25.8 Å². The Morgan fingerprint density at radius 2 is 1.77 bits per heavy atom. The number of aromatic nitrogens is 2. The number of nitrogens with one attached hydrogen (secondary N) is 1. The fourth-order valence-electron chi connectivity index (χ4n) is 4.80. The Morgan fingerprint density at radius 1 is 1.03 bits per heavy atom. The second-order valence-corrected chi connectivity index (χ2v) is 9.03. The van der Waals surface area contributed by atoms with Gasteiger partial charge in [0.25, 0.3) is 17.7 Å². The summed E-state index contributed by atoms with van der Waals surface area (Å²) in [7, 11) is 1.88. The molecule has 1 fully saturated rings. The zero-order valence-electron chi connectivity index (χ0n) is 19.7. The van der Waals surface area contributed by atoms with Crippen molar-refractivity contribution < 1.29 is 14.4 Å². The van der Waals surface area contributed by atoms with Gasteiger partial charge in [-0.15, -0.1) is 0 Å². The van der Waals surface area contributed by atoms with Gasteiger partial charge in [0, 0.05) is 37.3 Å². The monoisotopic (exact) mass is 469 g/mol. The minimum atomic E-state index is -0.613. The number of aryl methyl sites for hydroxylation is 1. The molecule has 0 bridgehead atoms. The molecule has 1 aromatic heterocycles. The molecule has 3 amide bonds. The molecular formula is C27H27N5O3. The number of carbonyl (C=O) groups is 3. The molecule has 3 aromatic rings. The van der Waals surface area contributed by atoms with E-state index in [1.165, 1.54) is 4.90 Å². The second-order valence-electron chi connectivity index (χ2n) is 9.03. The lowest BCUT2D eigenvalue weighted by Crippen LogP contribution is -2.42. The van der Waals surface area contributed by atoms with Crippen LogP contribution in [0.25, 0.3) is 22.0 Å². The highest BCUT2D eigenvalue weighted by Gasteiger charge is 2.34. The Balaban J connectivity index is 1.34. The summed E-state index contributed by atoms with van der Waals surface area (Å²) in [5.41, 5.74) is 4.04. The Labute approximate surface area is 203 Å². The van der Waals surface area contributed by atoms with Gasteiger partial charge in [-0.05, 0) is 48.1 Å². The number of nitrogens with zero attached hydrogens (tertiary/aromatic N) is 4. The molecule has 0 aliphatic carbocycles. The maximum Gasteiger partial charge on any atom is 0.271 e. The van der Waals surface area contributed by atoms with E-state index in [2.05, 4.69) is 23.6 Å². The van der Waals surface area contributed by atoms with Crippen LogP contribution in [0, 0.1) is 0 Å². The zero-order valence-corrected chi connectivity index (χ0v) is 19.7. The summed E-state index contributed by atoms with van der Waals surface area (Å²) in [4.78, 5) is 41.7. The van der Waals surface area contributed by atoms with Crippen LogP contribution in [0.5, 0.6) is 0 Å². The van der Waals surface area contributed by atoms with Crippen molar-refractivity contribution in [2.24, 2.45) is 7.05 Å². The Bertz CT molecular complexity index is 1400. The summed E-state index contributed by atoms with van der Waals surface area (Å²) in [6, 6.07) is 11.6. The Kier molecular flexibility index (Phi) is 5.72. The molecule has 3 heterocycles. The third-order valence-electron chi connectivity index (χ3n) is 6.65. The fourth-order valence-corrected chi connectivity index (χ4v) is 4.80. The van der Waals surface area contributed by atoms with Crippen LogP contribution in [-0.2, 0) is 23.2 Å². The van der Waals surface area contributed by atoms with Gasteiger partial charge >= 0.3 is 0 Å². The minimum Gasteiger partial charge on any atom is -0.337 e. The topological polar surface area (TPSA) is 87.5 Å². The summed E-state index contributed by atoms with van der Waals surface area (Å²) >= 11 is 0. The summed E-state index contributed by atoms with van der Waals surface area (Å²) in [5.74, 6) is -1.21. The molecular weight excluding hydrogens is 442 g/mol. The number of amides is 3. The van der Waals surface area contributed by atoms with E-state index in [-0.39, 0.29) is 29.8 Å². The second kappa shape index (κ2) is 8.87. The van der Waals surface area contributed by atoms with E-state index in [0.29, 0.717) is 18.7 Å². The van der Waals surface area contributed by atoms with Gasteiger partial charge in [0.15, 0.2) is 0 Å². The molecule has 1 N–H and O–H groups in total. The maximum absolute atomic E-state index is 13.2. The van der Waals surface area contributed by atoms with Crippen LogP contribution >= 0.6 is 0 Å². The van der Waals surface area contributed by atoms with Crippen LogP contribution in [0.3, 0.4) is 0 Å². The van der Waals surface area contributed by atoms with Crippen molar-refractivity contribution in [3.05, 3.63) is 78.3 Å². The maximum atomic E-state index is 13.2. The number of rotatable bonds is 5. The first-order chi connectivity index (χ1) is 16.8. The summed E-state index contributed by atoms with van der Waals surface area (Å²) < 4.78 is 1.77. The molecule has 0 radical (unpaired) electrons. The molecule has 0 spiro atoms.